The van der Waals surface area contributed by atoms with Crippen molar-refractivity contribution in [2.24, 2.45) is 0 Å². The van der Waals surface area contributed by atoms with Gasteiger partial charge in [-0.2, -0.15) is 9.61 Å². The lowest BCUT2D eigenvalue weighted by atomic mass is 10.1. The summed E-state index contributed by atoms with van der Waals surface area (Å²) in [6.07, 6.45) is 0.644. The quantitative estimate of drug-likeness (QED) is 0.572. The van der Waals surface area contributed by atoms with E-state index in [1.165, 1.54) is 21.9 Å². The van der Waals surface area contributed by atoms with Gasteiger partial charge in [0.25, 0.3) is 5.56 Å². The molecule has 27 heavy (non-hydrogen) atoms. The fourth-order valence-corrected chi connectivity index (χ4v) is 3.48. The third-order valence-corrected chi connectivity index (χ3v) is 4.74. The summed E-state index contributed by atoms with van der Waals surface area (Å²) in [7, 11) is 3.13. The van der Waals surface area contributed by atoms with Crippen LogP contribution in [-0.4, -0.2) is 34.8 Å². The van der Waals surface area contributed by atoms with Gasteiger partial charge in [0.05, 0.1) is 14.2 Å². The van der Waals surface area contributed by atoms with Gasteiger partial charge in [-0.05, 0) is 25.0 Å². The highest BCUT2D eigenvalue weighted by atomic mass is 32.1. The van der Waals surface area contributed by atoms with Crippen LogP contribution < -0.4 is 15.0 Å². The van der Waals surface area contributed by atoms with E-state index in [9.17, 15) is 9.59 Å². The average Bonchev–Trinajstić information content (AvgIpc) is 3.07. The molecular weight excluding hydrogens is 370 g/mol. The van der Waals surface area contributed by atoms with Crippen LogP contribution in [0.15, 0.2) is 29.1 Å². The normalized spacial score (nSPS) is 10.8. The number of hydrogen-bond donors (Lipinski definition) is 0. The second-order valence-electron chi connectivity index (χ2n) is 5.74. The molecule has 0 radical (unpaired) electrons. The zero-order chi connectivity index (χ0) is 19.4. The maximum absolute atomic E-state index is 12.1. The number of carbonyl (C=O) groups is 1. The lowest BCUT2D eigenvalue weighted by molar-refractivity contribution is -0.144. The first kappa shape index (κ1) is 18.8. The molecule has 3 aromatic rings. The first-order valence-corrected chi connectivity index (χ1v) is 9.05. The first-order valence-electron chi connectivity index (χ1n) is 8.23. The number of rotatable bonds is 7. The number of aromatic nitrogens is 3. The van der Waals surface area contributed by atoms with Gasteiger partial charge in [-0.25, -0.2) is 4.98 Å². The Hall–Kier alpha value is -2.94. The smallest absolute Gasteiger partial charge is 0.306 e. The summed E-state index contributed by atoms with van der Waals surface area (Å²) in [5.41, 5.74) is 1.23. The van der Waals surface area contributed by atoms with Crippen molar-refractivity contribution in [1.29, 1.82) is 0 Å². The minimum atomic E-state index is -0.365. The molecule has 0 N–H and O–H groups in total. The summed E-state index contributed by atoms with van der Waals surface area (Å²) in [4.78, 5) is 28.7. The van der Waals surface area contributed by atoms with Gasteiger partial charge in [0.15, 0.2) is 16.5 Å². The molecule has 0 spiro atoms. The van der Waals surface area contributed by atoms with Gasteiger partial charge in [0.2, 0.25) is 4.96 Å². The summed E-state index contributed by atoms with van der Waals surface area (Å²) in [5.74, 6) is 0.862. The summed E-state index contributed by atoms with van der Waals surface area (Å²) >= 11 is 1.22. The van der Waals surface area contributed by atoms with Crippen molar-refractivity contribution < 1.29 is 19.0 Å². The Morgan fingerprint density at radius 2 is 2.07 bits per heavy atom. The lowest BCUT2D eigenvalue weighted by Crippen LogP contribution is -2.14. The third-order valence-electron chi connectivity index (χ3n) is 3.85. The predicted molar refractivity (Wildman–Crippen MR) is 99.5 cm³/mol. The molecule has 1 aromatic carbocycles. The molecule has 0 aliphatic heterocycles. The second-order valence-corrected chi connectivity index (χ2v) is 6.78. The average molecular weight is 389 g/mol. The minimum absolute atomic E-state index is 0.000589. The van der Waals surface area contributed by atoms with Gasteiger partial charge >= 0.3 is 5.97 Å². The molecular formula is C18H19N3O5S. The molecule has 0 saturated carbocycles. The Labute approximate surface area is 159 Å². The van der Waals surface area contributed by atoms with Crippen molar-refractivity contribution in [2.75, 3.05) is 14.2 Å². The van der Waals surface area contributed by atoms with Crippen molar-refractivity contribution in [3.05, 3.63) is 50.9 Å². The summed E-state index contributed by atoms with van der Waals surface area (Å²) in [5, 5.41) is 4.65. The molecule has 0 atom stereocenters. The second kappa shape index (κ2) is 8.17. The maximum atomic E-state index is 12.1. The Morgan fingerprint density at radius 3 is 2.81 bits per heavy atom. The number of methoxy groups -OCH3 is 2. The van der Waals surface area contributed by atoms with Gasteiger partial charge < -0.3 is 14.2 Å². The molecule has 0 saturated heterocycles. The number of para-hydroxylation sites is 1. The van der Waals surface area contributed by atoms with Crippen LogP contribution in [0.5, 0.6) is 11.5 Å². The van der Waals surface area contributed by atoms with Crippen LogP contribution in [-0.2, 0) is 22.6 Å². The molecule has 8 nitrogen and oxygen atoms in total. The van der Waals surface area contributed by atoms with Crippen molar-refractivity contribution in [3.63, 3.8) is 0 Å². The van der Waals surface area contributed by atoms with Crippen LogP contribution in [0.25, 0.3) is 4.96 Å². The van der Waals surface area contributed by atoms with Crippen LogP contribution in [0, 0.1) is 6.92 Å². The number of carbonyl (C=O) groups excluding carboxylic acids is 1. The van der Waals surface area contributed by atoms with Gasteiger partial charge in [-0.3, -0.25) is 9.59 Å². The van der Waals surface area contributed by atoms with Crippen LogP contribution in [0.3, 0.4) is 0 Å². The van der Waals surface area contributed by atoms with Crippen molar-refractivity contribution in [3.8, 4) is 11.5 Å². The van der Waals surface area contributed by atoms with Crippen LogP contribution in [0.4, 0.5) is 0 Å². The Bertz CT molecular complexity index is 1030. The highest BCUT2D eigenvalue weighted by Crippen LogP contribution is 2.31. The van der Waals surface area contributed by atoms with E-state index >= 15 is 0 Å². The van der Waals surface area contributed by atoms with E-state index in [-0.39, 0.29) is 24.6 Å². The molecule has 0 unspecified atom stereocenters. The van der Waals surface area contributed by atoms with E-state index in [1.807, 2.05) is 12.1 Å². The van der Waals surface area contributed by atoms with Gasteiger partial charge in [-0.15, -0.1) is 0 Å². The SMILES string of the molecule is COc1cccc(CCC(=O)OCc2nn3c(=O)cc(C)nc3s2)c1OC. The molecule has 9 heteroatoms. The number of nitrogens with zero attached hydrogens (tertiary/aromatic N) is 3. The predicted octanol–water partition coefficient (Wildman–Crippen LogP) is 2.15. The molecule has 0 aliphatic carbocycles. The third kappa shape index (κ3) is 4.25. The largest absolute Gasteiger partial charge is 0.493 e. The number of aryl methyl sites for hydroxylation is 2. The molecule has 2 aromatic heterocycles. The van der Waals surface area contributed by atoms with Crippen LogP contribution >= 0.6 is 11.3 Å². The number of esters is 1. The Kier molecular flexibility index (Phi) is 5.70. The molecule has 0 bridgehead atoms. The van der Waals surface area contributed by atoms with Crippen molar-refractivity contribution in [2.45, 2.75) is 26.4 Å². The fraction of sp³-hybridized carbons (Fsp3) is 0.333. The molecule has 2 heterocycles. The summed E-state index contributed by atoms with van der Waals surface area (Å²) < 4.78 is 17.1. The van der Waals surface area contributed by atoms with E-state index in [4.69, 9.17) is 14.2 Å². The highest BCUT2D eigenvalue weighted by Gasteiger charge is 2.13. The molecule has 142 valence electrons. The molecule has 0 fully saturated rings. The zero-order valence-electron chi connectivity index (χ0n) is 15.2. The molecule has 0 amide bonds. The van der Waals surface area contributed by atoms with Gasteiger partial charge in [0.1, 0.15) is 6.61 Å². The summed E-state index contributed by atoms with van der Waals surface area (Å²) in [6.45, 7) is 1.74. The number of hydrogen-bond acceptors (Lipinski definition) is 8. The van der Waals surface area contributed by atoms with Crippen molar-refractivity contribution >= 4 is 22.3 Å². The van der Waals surface area contributed by atoms with E-state index < -0.39 is 0 Å². The Morgan fingerprint density at radius 1 is 1.26 bits per heavy atom. The summed E-state index contributed by atoms with van der Waals surface area (Å²) in [6, 6.07) is 6.92. The molecule has 0 aliphatic rings. The van der Waals surface area contributed by atoms with Crippen molar-refractivity contribution in [1.82, 2.24) is 14.6 Å². The van der Waals surface area contributed by atoms with E-state index in [0.717, 1.165) is 5.56 Å². The van der Waals surface area contributed by atoms with E-state index in [2.05, 4.69) is 10.1 Å². The van der Waals surface area contributed by atoms with E-state index in [0.29, 0.717) is 33.6 Å². The standard InChI is InChI=1S/C18H19N3O5S/c1-11-9-15(22)21-18(19-11)27-14(20-21)10-26-16(23)8-7-12-5-4-6-13(24-2)17(12)25-3/h4-6,9H,7-8,10H2,1-3H3. The van der Waals surface area contributed by atoms with Gasteiger partial charge in [-0.1, -0.05) is 23.5 Å². The maximum Gasteiger partial charge on any atom is 0.306 e. The minimum Gasteiger partial charge on any atom is -0.493 e. The van der Waals surface area contributed by atoms with E-state index in [1.54, 1.807) is 27.2 Å². The number of ether oxygens (including phenoxy) is 3. The number of benzene rings is 1. The zero-order valence-corrected chi connectivity index (χ0v) is 16.0. The topological polar surface area (TPSA) is 92.0 Å². The van der Waals surface area contributed by atoms with Gasteiger partial charge in [0, 0.05) is 18.2 Å². The monoisotopic (exact) mass is 389 g/mol. The Balaban J connectivity index is 1.61. The molecule has 3 rings (SSSR count). The fourth-order valence-electron chi connectivity index (χ4n) is 2.62. The van der Waals surface area contributed by atoms with Crippen LogP contribution in [0.1, 0.15) is 22.7 Å². The van der Waals surface area contributed by atoms with Crippen LogP contribution in [0.2, 0.25) is 0 Å². The number of fused-ring (bicyclic) bond motifs is 1. The first-order chi connectivity index (χ1) is 13.0. The lowest BCUT2D eigenvalue weighted by Gasteiger charge is -2.12. The highest BCUT2D eigenvalue weighted by molar-refractivity contribution is 7.16.